The van der Waals surface area contributed by atoms with Crippen molar-refractivity contribution < 1.29 is 8.42 Å². The molecule has 0 aliphatic heterocycles. The monoisotopic (exact) mass is 275 g/mol. The zero-order chi connectivity index (χ0) is 13.1. The third kappa shape index (κ3) is 4.30. The van der Waals surface area contributed by atoms with Gasteiger partial charge in [-0.25, -0.2) is 13.1 Å². The average Bonchev–Trinajstić information content (AvgIpc) is 2.28. The molecule has 0 aliphatic rings. The standard InChI is InChI=1S/C12H18ClNO2S/c1-9(2)11-4-6-12(7-5-11)10(3)14-17(15,16)8-13/h4-7,9-10,14H,8H2,1-3H3. The Balaban J connectivity index is 2.80. The summed E-state index contributed by atoms with van der Waals surface area (Å²) in [7, 11) is -3.38. The molecule has 17 heavy (non-hydrogen) atoms. The van der Waals surface area contributed by atoms with Crippen molar-refractivity contribution in [2.75, 3.05) is 5.21 Å². The first kappa shape index (κ1) is 14.5. The second kappa shape index (κ2) is 5.85. The van der Waals surface area contributed by atoms with Gasteiger partial charge in [0.15, 0.2) is 0 Å². The molecular weight excluding hydrogens is 258 g/mol. The number of nitrogens with one attached hydrogen (secondary N) is 1. The van der Waals surface area contributed by atoms with Crippen molar-refractivity contribution in [3.05, 3.63) is 35.4 Å². The summed E-state index contributed by atoms with van der Waals surface area (Å²) in [6.07, 6.45) is 0. The van der Waals surface area contributed by atoms with Gasteiger partial charge >= 0.3 is 0 Å². The lowest BCUT2D eigenvalue weighted by Crippen LogP contribution is -2.27. The number of benzene rings is 1. The summed E-state index contributed by atoms with van der Waals surface area (Å²) < 4.78 is 25.1. The molecule has 1 rings (SSSR count). The molecule has 1 unspecified atom stereocenters. The number of rotatable bonds is 5. The van der Waals surface area contributed by atoms with E-state index in [-0.39, 0.29) is 6.04 Å². The average molecular weight is 276 g/mol. The minimum Gasteiger partial charge on any atom is -0.211 e. The fourth-order valence-electron chi connectivity index (χ4n) is 1.54. The molecule has 96 valence electrons. The van der Waals surface area contributed by atoms with Crippen LogP contribution in [0.3, 0.4) is 0 Å². The van der Waals surface area contributed by atoms with Crippen LogP contribution in [0.1, 0.15) is 43.9 Å². The number of hydrogen-bond donors (Lipinski definition) is 1. The van der Waals surface area contributed by atoms with Gasteiger partial charge in [0.05, 0.1) is 0 Å². The van der Waals surface area contributed by atoms with Gasteiger partial charge in [-0.15, -0.1) is 11.6 Å². The molecule has 1 atom stereocenters. The highest BCUT2D eigenvalue weighted by Gasteiger charge is 2.14. The van der Waals surface area contributed by atoms with Crippen LogP contribution < -0.4 is 4.72 Å². The van der Waals surface area contributed by atoms with E-state index in [0.29, 0.717) is 5.92 Å². The Bertz CT molecular complexity index is 454. The summed E-state index contributed by atoms with van der Waals surface area (Å²) in [4.78, 5) is 0. The molecule has 0 fully saturated rings. The van der Waals surface area contributed by atoms with Crippen molar-refractivity contribution >= 4 is 21.6 Å². The lowest BCUT2D eigenvalue weighted by molar-refractivity contribution is 0.571. The van der Waals surface area contributed by atoms with Crippen molar-refractivity contribution in [1.82, 2.24) is 4.72 Å². The van der Waals surface area contributed by atoms with Crippen LogP contribution in [-0.2, 0) is 10.0 Å². The molecular formula is C12H18ClNO2S. The Morgan fingerprint density at radius 3 is 2.00 bits per heavy atom. The fraction of sp³-hybridized carbons (Fsp3) is 0.500. The number of sulfonamides is 1. The number of alkyl halides is 1. The van der Waals surface area contributed by atoms with E-state index in [4.69, 9.17) is 11.6 Å². The second-order valence-corrected chi connectivity index (χ2v) is 6.72. The Hall–Kier alpha value is -0.580. The number of hydrogen-bond acceptors (Lipinski definition) is 2. The molecule has 0 radical (unpaired) electrons. The first-order valence-corrected chi connectivity index (χ1v) is 7.70. The van der Waals surface area contributed by atoms with Crippen LogP contribution in [0, 0.1) is 0 Å². The highest BCUT2D eigenvalue weighted by molar-refractivity contribution is 7.90. The summed E-state index contributed by atoms with van der Waals surface area (Å²) in [5, 5.41) is -0.415. The molecule has 0 spiro atoms. The van der Waals surface area contributed by atoms with Crippen molar-refractivity contribution in [2.45, 2.75) is 32.7 Å². The maximum Gasteiger partial charge on any atom is 0.226 e. The van der Waals surface area contributed by atoms with E-state index in [1.54, 1.807) is 6.92 Å². The molecule has 1 aromatic carbocycles. The molecule has 0 amide bonds. The van der Waals surface area contributed by atoms with Crippen molar-refractivity contribution in [3.63, 3.8) is 0 Å². The molecule has 0 heterocycles. The van der Waals surface area contributed by atoms with E-state index in [2.05, 4.69) is 18.6 Å². The van der Waals surface area contributed by atoms with Gasteiger partial charge in [-0.05, 0) is 24.0 Å². The Morgan fingerprint density at radius 2 is 1.59 bits per heavy atom. The summed E-state index contributed by atoms with van der Waals surface area (Å²) in [5.41, 5.74) is 2.17. The first-order valence-electron chi connectivity index (χ1n) is 5.51. The maximum absolute atomic E-state index is 11.3. The van der Waals surface area contributed by atoms with E-state index in [1.165, 1.54) is 5.56 Å². The summed E-state index contributed by atoms with van der Waals surface area (Å²) in [5.74, 6) is 0.471. The fourth-order valence-corrected chi connectivity index (χ4v) is 2.47. The lowest BCUT2D eigenvalue weighted by atomic mass is 10.00. The molecule has 1 aromatic rings. The van der Waals surface area contributed by atoms with E-state index < -0.39 is 15.2 Å². The normalized spacial score (nSPS) is 13.9. The molecule has 0 saturated heterocycles. The Kier molecular flexibility index (Phi) is 4.98. The molecule has 0 aliphatic carbocycles. The smallest absolute Gasteiger partial charge is 0.211 e. The molecule has 0 bridgehead atoms. The van der Waals surface area contributed by atoms with Gasteiger partial charge in [0.2, 0.25) is 10.0 Å². The predicted molar refractivity (Wildman–Crippen MR) is 71.7 cm³/mol. The van der Waals surface area contributed by atoms with Crippen LogP contribution in [0.15, 0.2) is 24.3 Å². The molecule has 0 saturated carbocycles. The third-order valence-corrected chi connectivity index (χ3v) is 4.46. The van der Waals surface area contributed by atoms with Crippen LogP contribution in [-0.4, -0.2) is 13.6 Å². The maximum atomic E-state index is 11.3. The summed E-state index contributed by atoms with van der Waals surface area (Å²) >= 11 is 5.34. The van der Waals surface area contributed by atoms with E-state index in [9.17, 15) is 8.42 Å². The van der Waals surface area contributed by atoms with Gasteiger partial charge in [0, 0.05) is 6.04 Å². The molecule has 3 nitrogen and oxygen atoms in total. The number of halogens is 1. The predicted octanol–water partition coefficient (Wildman–Crippen LogP) is 2.99. The molecule has 0 aromatic heterocycles. The van der Waals surface area contributed by atoms with Crippen LogP contribution in [0.25, 0.3) is 0 Å². The topological polar surface area (TPSA) is 46.2 Å². The van der Waals surface area contributed by atoms with Crippen molar-refractivity contribution in [1.29, 1.82) is 0 Å². The van der Waals surface area contributed by atoms with Gasteiger partial charge in [-0.1, -0.05) is 38.1 Å². The minimum absolute atomic E-state index is 0.264. The van der Waals surface area contributed by atoms with Gasteiger partial charge in [0.25, 0.3) is 0 Å². The Morgan fingerprint density at radius 1 is 1.12 bits per heavy atom. The third-order valence-electron chi connectivity index (χ3n) is 2.60. The van der Waals surface area contributed by atoms with E-state index in [0.717, 1.165) is 5.56 Å². The SMILES string of the molecule is CC(C)c1ccc(C(C)NS(=O)(=O)CCl)cc1. The zero-order valence-electron chi connectivity index (χ0n) is 10.3. The van der Waals surface area contributed by atoms with Gasteiger partial charge < -0.3 is 0 Å². The highest BCUT2D eigenvalue weighted by atomic mass is 35.5. The van der Waals surface area contributed by atoms with E-state index >= 15 is 0 Å². The second-order valence-electron chi connectivity index (χ2n) is 4.38. The zero-order valence-corrected chi connectivity index (χ0v) is 11.8. The summed E-state index contributed by atoms with van der Waals surface area (Å²) in [6, 6.07) is 7.66. The first-order chi connectivity index (χ1) is 7.85. The van der Waals surface area contributed by atoms with Crippen molar-refractivity contribution in [2.24, 2.45) is 0 Å². The quantitative estimate of drug-likeness (QED) is 0.840. The van der Waals surface area contributed by atoms with Gasteiger partial charge in [0.1, 0.15) is 5.21 Å². The highest BCUT2D eigenvalue weighted by Crippen LogP contribution is 2.19. The lowest BCUT2D eigenvalue weighted by Gasteiger charge is -2.14. The van der Waals surface area contributed by atoms with Gasteiger partial charge in [-0.3, -0.25) is 0 Å². The minimum atomic E-state index is -3.38. The molecule has 1 N–H and O–H groups in total. The van der Waals surface area contributed by atoms with Crippen LogP contribution in [0.5, 0.6) is 0 Å². The van der Waals surface area contributed by atoms with Crippen LogP contribution in [0.2, 0.25) is 0 Å². The Labute approximate surface area is 108 Å². The van der Waals surface area contributed by atoms with Gasteiger partial charge in [-0.2, -0.15) is 0 Å². The van der Waals surface area contributed by atoms with Crippen molar-refractivity contribution in [3.8, 4) is 0 Å². The van der Waals surface area contributed by atoms with Crippen LogP contribution in [0.4, 0.5) is 0 Å². The largest absolute Gasteiger partial charge is 0.226 e. The molecule has 5 heteroatoms. The summed E-state index contributed by atoms with van der Waals surface area (Å²) in [6.45, 7) is 6.04. The van der Waals surface area contributed by atoms with Crippen LogP contribution >= 0.6 is 11.6 Å². The van der Waals surface area contributed by atoms with E-state index in [1.807, 2.05) is 24.3 Å².